The highest BCUT2D eigenvalue weighted by Crippen LogP contribution is 2.28. The molecule has 144 valence electrons. The van der Waals surface area contributed by atoms with Gasteiger partial charge in [0.25, 0.3) is 5.56 Å². The second kappa shape index (κ2) is 7.84. The monoisotopic (exact) mass is 376 g/mol. The molecule has 0 spiro atoms. The second-order valence-electron chi connectivity index (χ2n) is 7.46. The molecule has 1 aliphatic heterocycles. The molecule has 1 aliphatic carbocycles. The number of anilines is 2. The van der Waals surface area contributed by atoms with Gasteiger partial charge in [0.1, 0.15) is 6.54 Å². The van der Waals surface area contributed by atoms with E-state index in [1.165, 1.54) is 10.7 Å². The number of nitrogens with one attached hydrogen (secondary N) is 2. The van der Waals surface area contributed by atoms with Gasteiger partial charge in [-0.15, -0.1) is 0 Å². The average molecular weight is 376 g/mol. The summed E-state index contributed by atoms with van der Waals surface area (Å²) in [5, 5.41) is 10.6. The number of fused-ring (bicyclic) bond motifs is 1. The molecule has 1 atom stereocenters. The number of benzene rings is 1. The van der Waals surface area contributed by atoms with Crippen LogP contribution in [0, 0.1) is 5.92 Å². The molecular weight excluding hydrogens is 352 g/mol. The smallest absolute Gasteiger partial charge is 0.267 e. The number of carbonyl (C=O) groups excluding carboxylic acids is 1. The molecule has 1 amide bonds. The zero-order valence-corrected chi connectivity index (χ0v) is 15.9. The summed E-state index contributed by atoms with van der Waals surface area (Å²) in [6.07, 6.45) is 9.39. The number of carbonyl (C=O) groups is 1. The van der Waals surface area contributed by atoms with E-state index >= 15 is 0 Å². The summed E-state index contributed by atoms with van der Waals surface area (Å²) < 4.78 is 1.24. The maximum absolute atomic E-state index is 12.5. The highest BCUT2D eigenvalue weighted by Gasteiger charge is 2.15. The minimum absolute atomic E-state index is 0.110. The summed E-state index contributed by atoms with van der Waals surface area (Å²) in [5.41, 5.74) is 4.42. The highest BCUT2D eigenvalue weighted by atomic mass is 16.2. The van der Waals surface area contributed by atoms with Crippen molar-refractivity contribution in [3.8, 4) is 0 Å². The van der Waals surface area contributed by atoms with Crippen molar-refractivity contribution in [3.63, 3.8) is 0 Å². The van der Waals surface area contributed by atoms with Crippen LogP contribution in [0.3, 0.4) is 0 Å². The summed E-state index contributed by atoms with van der Waals surface area (Å²) in [6.45, 7) is 2.89. The number of hydrogen-bond acceptors (Lipinski definition) is 4. The molecule has 28 heavy (non-hydrogen) atoms. The molecule has 1 unspecified atom stereocenters. The van der Waals surface area contributed by atoms with E-state index in [0.717, 1.165) is 48.3 Å². The van der Waals surface area contributed by atoms with E-state index < -0.39 is 0 Å². The minimum Gasteiger partial charge on any atom is -0.381 e. The van der Waals surface area contributed by atoms with Crippen LogP contribution in [0.1, 0.15) is 37.4 Å². The second-order valence-corrected chi connectivity index (χ2v) is 7.46. The van der Waals surface area contributed by atoms with Crippen molar-refractivity contribution in [3.05, 3.63) is 64.1 Å². The molecule has 6 heteroatoms. The van der Waals surface area contributed by atoms with Gasteiger partial charge in [0.2, 0.25) is 5.91 Å². The van der Waals surface area contributed by atoms with Gasteiger partial charge in [0.15, 0.2) is 0 Å². The lowest BCUT2D eigenvalue weighted by atomic mass is 9.90. The van der Waals surface area contributed by atoms with Crippen molar-refractivity contribution in [2.75, 3.05) is 17.2 Å². The van der Waals surface area contributed by atoms with Crippen LogP contribution >= 0.6 is 0 Å². The van der Waals surface area contributed by atoms with E-state index in [0.29, 0.717) is 11.6 Å². The van der Waals surface area contributed by atoms with Crippen LogP contribution in [-0.4, -0.2) is 22.2 Å². The first-order valence-electron chi connectivity index (χ1n) is 9.70. The number of rotatable bonds is 4. The van der Waals surface area contributed by atoms with Gasteiger partial charge in [-0.25, -0.2) is 4.68 Å². The molecule has 0 saturated carbocycles. The summed E-state index contributed by atoms with van der Waals surface area (Å²) >= 11 is 0. The van der Waals surface area contributed by atoms with Crippen LogP contribution in [0.25, 0.3) is 11.6 Å². The third-order valence-corrected chi connectivity index (χ3v) is 5.21. The van der Waals surface area contributed by atoms with E-state index in [2.05, 4.69) is 28.7 Å². The molecular formula is C22H24N4O2. The summed E-state index contributed by atoms with van der Waals surface area (Å²) in [6, 6.07) is 8.95. The fourth-order valence-electron chi connectivity index (χ4n) is 3.56. The predicted molar refractivity (Wildman–Crippen MR) is 112 cm³/mol. The van der Waals surface area contributed by atoms with Gasteiger partial charge in [-0.2, -0.15) is 5.10 Å². The van der Waals surface area contributed by atoms with Crippen LogP contribution in [0.2, 0.25) is 0 Å². The molecule has 1 aromatic heterocycles. The van der Waals surface area contributed by atoms with Crippen molar-refractivity contribution in [1.29, 1.82) is 0 Å². The number of aromatic nitrogens is 2. The maximum Gasteiger partial charge on any atom is 0.267 e. The van der Waals surface area contributed by atoms with Gasteiger partial charge < -0.3 is 10.6 Å². The van der Waals surface area contributed by atoms with E-state index in [1.54, 1.807) is 6.07 Å². The van der Waals surface area contributed by atoms with Gasteiger partial charge in [-0.1, -0.05) is 31.2 Å². The number of nitrogens with zero attached hydrogens (tertiary/aromatic N) is 2. The standard InChI is InChI=1S/C22H24N4O2/c1-15-4-6-17(7-5-15)19-10-11-22(28)26(25-19)14-21(27)24-18-9-8-16-3-2-12-23-20(16)13-18/h2-3,6,8-11,13,15,23H,4-5,7,12,14H2,1H3,(H,24,27). The SMILES string of the molecule is CC1CC=C(c2ccc(=O)n(CC(=O)Nc3ccc4c(c3)NCC=C4)n2)CC1. The lowest BCUT2D eigenvalue weighted by Crippen LogP contribution is -2.29. The lowest BCUT2D eigenvalue weighted by molar-refractivity contribution is -0.117. The van der Waals surface area contributed by atoms with Crippen molar-refractivity contribution in [2.45, 2.75) is 32.7 Å². The Morgan fingerprint density at radius 1 is 1.32 bits per heavy atom. The van der Waals surface area contributed by atoms with Crippen molar-refractivity contribution in [1.82, 2.24) is 9.78 Å². The normalized spacial score (nSPS) is 18.0. The minimum atomic E-state index is -0.277. The van der Waals surface area contributed by atoms with Crippen LogP contribution in [0.15, 0.2) is 47.3 Å². The van der Waals surface area contributed by atoms with E-state index in [9.17, 15) is 9.59 Å². The number of amides is 1. The number of hydrogen-bond donors (Lipinski definition) is 2. The molecule has 2 aliphatic rings. The third kappa shape index (κ3) is 4.06. The highest BCUT2D eigenvalue weighted by molar-refractivity contribution is 5.91. The number of allylic oxidation sites excluding steroid dienone is 2. The van der Waals surface area contributed by atoms with Gasteiger partial charge in [-0.05, 0) is 54.5 Å². The first kappa shape index (κ1) is 18.2. The molecule has 6 nitrogen and oxygen atoms in total. The Labute approximate surface area is 164 Å². The van der Waals surface area contributed by atoms with Gasteiger partial charge in [-0.3, -0.25) is 9.59 Å². The van der Waals surface area contributed by atoms with Crippen LogP contribution in [0.4, 0.5) is 11.4 Å². The first-order valence-corrected chi connectivity index (χ1v) is 9.70. The Morgan fingerprint density at radius 3 is 3.04 bits per heavy atom. The van der Waals surface area contributed by atoms with Crippen LogP contribution < -0.4 is 16.2 Å². The maximum atomic E-state index is 12.5. The largest absolute Gasteiger partial charge is 0.381 e. The predicted octanol–water partition coefficient (Wildman–Crippen LogP) is 3.52. The summed E-state index contributed by atoms with van der Waals surface area (Å²) in [4.78, 5) is 24.6. The molecule has 2 N–H and O–H groups in total. The Balaban J connectivity index is 1.48. The topological polar surface area (TPSA) is 76.0 Å². The average Bonchev–Trinajstić information content (AvgIpc) is 2.70. The van der Waals surface area contributed by atoms with Crippen molar-refractivity contribution in [2.24, 2.45) is 5.92 Å². The molecule has 2 heterocycles. The van der Waals surface area contributed by atoms with E-state index in [4.69, 9.17) is 0 Å². The molecule has 4 rings (SSSR count). The molecule has 0 fully saturated rings. The van der Waals surface area contributed by atoms with E-state index in [-0.39, 0.29) is 18.0 Å². The Bertz CT molecular complexity index is 1020. The van der Waals surface area contributed by atoms with Gasteiger partial charge in [0.05, 0.1) is 5.69 Å². The lowest BCUT2D eigenvalue weighted by Gasteiger charge is -2.18. The van der Waals surface area contributed by atoms with E-state index in [1.807, 2.05) is 30.4 Å². The molecule has 1 aromatic carbocycles. The Kier molecular flexibility index (Phi) is 5.10. The third-order valence-electron chi connectivity index (χ3n) is 5.21. The molecule has 0 bridgehead atoms. The quantitative estimate of drug-likeness (QED) is 0.856. The fraction of sp³-hybridized carbons (Fsp3) is 0.318. The van der Waals surface area contributed by atoms with Gasteiger partial charge >= 0.3 is 0 Å². The molecule has 0 radical (unpaired) electrons. The molecule has 2 aromatic rings. The van der Waals surface area contributed by atoms with Crippen molar-refractivity contribution < 1.29 is 4.79 Å². The Hall–Kier alpha value is -3.15. The van der Waals surface area contributed by atoms with Gasteiger partial charge in [0, 0.05) is 24.0 Å². The zero-order chi connectivity index (χ0) is 19.5. The van der Waals surface area contributed by atoms with Crippen LogP contribution in [-0.2, 0) is 11.3 Å². The molecule has 0 saturated heterocycles. The summed E-state index contributed by atoms with van der Waals surface area (Å²) in [5.74, 6) is 0.409. The fourth-order valence-corrected chi connectivity index (χ4v) is 3.56. The zero-order valence-electron chi connectivity index (χ0n) is 15.9. The van der Waals surface area contributed by atoms with Crippen molar-refractivity contribution >= 4 is 28.9 Å². The Morgan fingerprint density at radius 2 is 2.21 bits per heavy atom. The van der Waals surface area contributed by atoms with Crippen LogP contribution in [0.5, 0.6) is 0 Å². The first-order chi connectivity index (χ1) is 13.6. The summed E-state index contributed by atoms with van der Waals surface area (Å²) in [7, 11) is 0.